The summed E-state index contributed by atoms with van der Waals surface area (Å²) in [4.78, 5) is 0. The predicted octanol–water partition coefficient (Wildman–Crippen LogP) is 8.86. The lowest BCUT2D eigenvalue weighted by Gasteiger charge is -2.59. The van der Waals surface area contributed by atoms with Gasteiger partial charge >= 0.3 is 0 Å². The zero-order valence-electron chi connectivity index (χ0n) is 26.3. The van der Waals surface area contributed by atoms with E-state index >= 15 is 0 Å². The third kappa shape index (κ3) is 6.67. The van der Waals surface area contributed by atoms with Gasteiger partial charge in [0.2, 0.25) is 0 Å². The van der Waals surface area contributed by atoms with Crippen LogP contribution in [-0.2, 0) is 4.74 Å². The van der Waals surface area contributed by atoms with Gasteiger partial charge in [0.15, 0.2) is 5.79 Å². The second-order valence-electron chi connectivity index (χ2n) is 15.4. The van der Waals surface area contributed by atoms with Crippen LogP contribution in [0.3, 0.4) is 0 Å². The van der Waals surface area contributed by atoms with E-state index < -0.39 is 5.79 Å². The first kappa shape index (κ1) is 30.8. The van der Waals surface area contributed by atoms with E-state index in [-0.39, 0.29) is 5.41 Å². The van der Waals surface area contributed by atoms with Crippen LogP contribution in [-0.4, -0.2) is 27.7 Å². The van der Waals surface area contributed by atoms with E-state index in [1.807, 2.05) is 0 Å². The summed E-state index contributed by atoms with van der Waals surface area (Å²) in [6, 6.07) is 1.45. The van der Waals surface area contributed by atoms with Gasteiger partial charge in [-0.05, 0) is 91.3 Å². The SMILES string of the molecule is CC(C)CCC[C@@H](C)[C@H]1CC[C@H]2[C@@H]3CC=C4C[C@](O)(OCCCCCCCC[SiH3])CC[C@]4(C)[C@H]3CC[C@]12C. The summed E-state index contributed by atoms with van der Waals surface area (Å²) in [5.41, 5.74) is 2.37. The van der Waals surface area contributed by atoms with E-state index in [2.05, 4.69) is 40.7 Å². The molecule has 38 heavy (non-hydrogen) atoms. The minimum Gasteiger partial charge on any atom is -0.365 e. The van der Waals surface area contributed by atoms with E-state index in [0.717, 1.165) is 67.8 Å². The topological polar surface area (TPSA) is 29.5 Å². The van der Waals surface area contributed by atoms with E-state index in [1.54, 1.807) is 0 Å². The Labute approximate surface area is 240 Å². The summed E-state index contributed by atoms with van der Waals surface area (Å²) in [5, 5.41) is 11.4. The van der Waals surface area contributed by atoms with Crippen molar-refractivity contribution in [3.63, 3.8) is 0 Å². The molecule has 2 nitrogen and oxygen atoms in total. The van der Waals surface area contributed by atoms with Crippen LogP contribution in [0, 0.1) is 46.3 Å². The molecule has 0 aromatic carbocycles. The van der Waals surface area contributed by atoms with Crippen molar-refractivity contribution in [2.45, 2.75) is 156 Å². The van der Waals surface area contributed by atoms with Crippen molar-refractivity contribution < 1.29 is 9.84 Å². The first-order valence-corrected chi connectivity index (χ1v) is 18.6. The number of unbranched alkanes of at least 4 members (excludes halogenated alkanes) is 5. The first-order chi connectivity index (χ1) is 18.1. The number of allylic oxidation sites excluding steroid dienone is 1. The fourth-order valence-corrected chi connectivity index (χ4v) is 10.6. The largest absolute Gasteiger partial charge is 0.365 e. The molecule has 4 aliphatic rings. The van der Waals surface area contributed by atoms with Crippen LogP contribution >= 0.6 is 0 Å². The number of rotatable bonds is 14. The van der Waals surface area contributed by atoms with Crippen molar-refractivity contribution in [1.29, 1.82) is 0 Å². The Morgan fingerprint density at radius 1 is 0.895 bits per heavy atom. The van der Waals surface area contributed by atoms with Crippen LogP contribution in [0.15, 0.2) is 11.6 Å². The third-order valence-corrected chi connectivity index (χ3v) is 13.2. The highest BCUT2D eigenvalue weighted by molar-refractivity contribution is 6.08. The monoisotopic (exact) mass is 544 g/mol. The molecule has 3 heteroatoms. The second-order valence-corrected chi connectivity index (χ2v) is 16.4. The highest BCUT2D eigenvalue weighted by atomic mass is 28.1. The number of fused-ring (bicyclic) bond motifs is 5. The standard InChI is InChI=1S/C35H64O2Si/c1-26(2)13-12-14-27(3)30-17-18-31-29-16-15-28-25-35(36,37-23-10-8-6-7-9-11-24-38)22-21-33(28,4)32(29)19-20-34(30,31)5/h15,26-27,29-32,36H,6-14,16-25H2,1-5,38H3/t27-,29+,30-,31+,32+,33+,34-,35-/m1/s1. The van der Waals surface area contributed by atoms with Gasteiger partial charge in [0.25, 0.3) is 0 Å². The summed E-state index contributed by atoms with van der Waals surface area (Å²) in [7, 11) is 1.35. The molecule has 0 unspecified atom stereocenters. The lowest BCUT2D eigenvalue weighted by atomic mass is 9.46. The first-order valence-electron chi connectivity index (χ1n) is 17.2. The van der Waals surface area contributed by atoms with Gasteiger partial charge in [0, 0.05) is 23.1 Å². The van der Waals surface area contributed by atoms with Crippen LogP contribution in [0.2, 0.25) is 6.04 Å². The molecule has 0 saturated heterocycles. The molecule has 1 N–H and O–H groups in total. The second kappa shape index (κ2) is 13.2. The van der Waals surface area contributed by atoms with Gasteiger partial charge in [-0.2, -0.15) is 0 Å². The van der Waals surface area contributed by atoms with Crippen molar-refractivity contribution in [3.8, 4) is 0 Å². The fraction of sp³-hybridized carbons (Fsp3) is 0.943. The normalized spacial score (nSPS) is 39.5. The molecule has 0 aromatic rings. The van der Waals surface area contributed by atoms with Crippen molar-refractivity contribution in [3.05, 3.63) is 11.6 Å². The molecule has 3 fully saturated rings. The van der Waals surface area contributed by atoms with Crippen LogP contribution in [0.1, 0.15) is 144 Å². The zero-order chi connectivity index (χ0) is 27.4. The van der Waals surface area contributed by atoms with Gasteiger partial charge in [-0.3, -0.25) is 0 Å². The van der Waals surface area contributed by atoms with Gasteiger partial charge in [0.1, 0.15) is 0 Å². The molecule has 0 heterocycles. The highest BCUT2D eigenvalue weighted by Crippen LogP contribution is 2.67. The molecule has 8 atom stereocenters. The maximum Gasteiger partial charge on any atom is 0.169 e. The van der Waals surface area contributed by atoms with E-state index in [0.29, 0.717) is 5.41 Å². The van der Waals surface area contributed by atoms with Crippen molar-refractivity contribution in [2.24, 2.45) is 46.3 Å². The third-order valence-electron chi connectivity index (χ3n) is 12.4. The Kier molecular flexibility index (Phi) is 10.7. The Morgan fingerprint density at radius 3 is 2.37 bits per heavy atom. The minimum absolute atomic E-state index is 0.281. The quantitative estimate of drug-likeness (QED) is 0.102. The lowest BCUT2D eigenvalue weighted by molar-refractivity contribution is -0.225. The van der Waals surface area contributed by atoms with Gasteiger partial charge < -0.3 is 9.84 Å². The fourth-order valence-electron chi connectivity index (χ4n) is 10.1. The number of hydrogen-bond acceptors (Lipinski definition) is 2. The molecule has 220 valence electrons. The van der Waals surface area contributed by atoms with Crippen LogP contribution in [0.5, 0.6) is 0 Å². The molecule has 0 spiro atoms. The summed E-state index contributed by atoms with van der Waals surface area (Å²) >= 11 is 0. The van der Waals surface area contributed by atoms with Gasteiger partial charge in [0.05, 0.1) is 6.61 Å². The molecule has 0 aliphatic heterocycles. The number of hydrogen-bond donors (Lipinski definition) is 1. The predicted molar refractivity (Wildman–Crippen MR) is 166 cm³/mol. The summed E-state index contributed by atoms with van der Waals surface area (Å²) < 4.78 is 6.22. The summed E-state index contributed by atoms with van der Waals surface area (Å²) in [5.74, 6) is 4.31. The molecule has 0 radical (unpaired) electrons. The highest BCUT2D eigenvalue weighted by Gasteiger charge is 2.60. The molecule has 0 aromatic heterocycles. The van der Waals surface area contributed by atoms with Crippen molar-refractivity contribution in [2.75, 3.05) is 6.61 Å². The zero-order valence-corrected chi connectivity index (χ0v) is 28.3. The Morgan fingerprint density at radius 2 is 1.63 bits per heavy atom. The lowest BCUT2D eigenvalue weighted by Crippen LogP contribution is -2.53. The maximum atomic E-state index is 11.4. The smallest absolute Gasteiger partial charge is 0.169 e. The number of ether oxygens (including phenoxy) is 1. The molecular formula is C35H64O2Si. The number of aliphatic hydroxyl groups is 1. The molecule has 4 aliphatic carbocycles. The molecule has 0 bridgehead atoms. The Balaban J connectivity index is 1.32. The average molecular weight is 545 g/mol. The van der Waals surface area contributed by atoms with Crippen LogP contribution < -0.4 is 0 Å². The van der Waals surface area contributed by atoms with Gasteiger partial charge in [-0.1, -0.05) is 104 Å². The minimum atomic E-state index is -0.919. The molecule has 4 rings (SSSR count). The van der Waals surface area contributed by atoms with Gasteiger partial charge in [-0.15, -0.1) is 0 Å². The van der Waals surface area contributed by atoms with Crippen LogP contribution in [0.25, 0.3) is 0 Å². The molecule has 3 saturated carbocycles. The van der Waals surface area contributed by atoms with E-state index in [1.165, 1.54) is 105 Å². The Bertz CT molecular complexity index is 778. The summed E-state index contributed by atoms with van der Waals surface area (Å²) in [6.07, 6.45) is 24.4. The van der Waals surface area contributed by atoms with Gasteiger partial charge in [-0.25, -0.2) is 0 Å². The Hall–Kier alpha value is -0.123. The average Bonchev–Trinajstić information content (AvgIpc) is 3.23. The molecular weight excluding hydrogens is 480 g/mol. The van der Waals surface area contributed by atoms with E-state index in [4.69, 9.17) is 4.74 Å². The van der Waals surface area contributed by atoms with Crippen LogP contribution in [0.4, 0.5) is 0 Å². The van der Waals surface area contributed by atoms with Crippen molar-refractivity contribution in [1.82, 2.24) is 0 Å². The van der Waals surface area contributed by atoms with Crippen molar-refractivity contribution >= 4 is 10.2 Å². The maximum absolute atomic E-state index is 11.4. The summed E-state index contributed by atoms with van der Waals surface area (Å²) in [6.45, 7) is 13.3. The molecule has 0 amide bonds. The van der Waals surface area contributed by atoms with E-state index in [9.17, 15) is 5.11 Å².